The molecule has 1 aromatic rings. The number of anilines is 2. The predicted molar refractivity (Wildman–Crippen MR) is 53.5 cm³/mol. The number of rotatable bonds is 1. The van der Waals surface area contributed by atoms with Crippen LogP contribution in [-0.4, -0.2) is 13.3 Å². The largest absolute Gasteiger partial charge is 0.398 e. The molecule has 0 amide bonds. The molecule has 0 bridgehead atoms. The Labute approximate surface area is 72.1 Å². The molecule has 0 aliphatic carbocycles. The maximum absolute atomic E-state index is 5.73. The minimum absolute atomic E-state index is 0.715. The molecule has 3 heteroatoms. The Morgan fingerprint density at radius 1 is 1.25 bits per heavy atom. The van der Waals surface area contributed by atoms with Gasteiger partial charge < -0.3 is 11.5 Å². The van der Waals surface area contributed by atoms with Gasteiger partial charge in [0, 0.05) is 30.2 Å². The fourth-order valence-electron chi connectivity index (χ4n) is 1.02. The number of aryl methyl sites for hydroxylation is 1. The lowest BCUT2D eigenvalue weighted by Gasteiger charge is -2.04. The second-order valence-corrected chi connectivity index (χ2v) is 2.73. The molecule has 0 saturated carbocycles. The van der Waals surface area contributed by atoms with E-state index in [1.165, 1.54) is 0 Å². The van der Waals surface area contributed by atoms with Gasteiger partial charge in [0.1, 0.15) is 0 Å². The Morgan fingerprint density at radius 2 is 1.92 bits per heavy atom. The van der Waals surface area contributed by atoms with Crippen LogP contribution in [-0.2, 0) is 0 Å². The molecule has 0 radical (unpaired) electrons. The average molecular weight is 163 g/mol. The minimum Gasteiger partial charge on any atom is -0.398 e. The number of hydrogen-bond acceptors (Lipinski definition) is 3. The van der Waals surface area contributed by atoms with Gasteiger partial charge in [-0.15, -0.1) is 0 Å². The Hall–Kier alpha value is -1.51. The molecule has 3 nitrogen and oxygen atoms in total. The first-order valence-electron chi connectivity index (χ1n) is 3.73. The summed E-state index contributed by atoms with van der Waals surface area (Å²) in [6, 6.07) is 3.68. The highest BCUT2D eigenvalue weighted by molar-refractivity contribution is 5.88. The summed E-state index contributed by atoms with van der Waals surface area (Å²) < 4.78 is 0. The molecular weight excluding hydrogens is 150 g/mol. The quantitative estimate of drug-likeness (QED) is 0.482. The van der Waals surface area contributed by atoms with Crippen LogP contribution in [0.25, 0.3) is 0 Å². The van der Waals surface area contributed by atoms with E-state index >= 15 is 0 Å². The Kier molecular flexibility index (Phi) is 2.33. The molecule has 12 heavy (non-hydrogen) atoms. The fraction of sp³-hybridized carbons (Fsp3) is 0.222. The fourth-order valence-corrected chi connectivity index (χ4v) is 1.02. The van der Waals surface area contributed by atoms with Crippen LogP contribution < -0.4 is 11.5 Å². The minimum atomic E-state index is 0.715. The van der Waals surface area contributed by atoms with Crippen molar-refractivity contribution in [2.45, 2.75) is 6.92 Å². The van der Waals surface area contributed by atoms with Crippen molar-refractivity contribution in [3.8, 4) is 0 Å². The molecule has 0 fully saturated rings. The van der Waals surface area contributed by atoms with Crippen LogP contribution in [0.4, 0.5) is 11.4 Å². The zero-order valence-electron chi connectivity index (χ0n) is 7.33. The number of hydrogen-bond donors (Lipinski definition) is 2. The molecular formula is C9H13N3. The Balaban J connectivity index is 3.23. The topological polar surface area (TPSA) is 64.4 Å². The highest BCUT2D eigenvalue weighted by Gasteiger charge is 1.99. The highest BCUT2D eigenvalue weighted by atomic mass is 14.7. The lowest BCUT2D eigenvalue weighted by Crippen LogP contribution is -1.98. The summed E-state index contributed by atoms with van der Waals surface area (Å²) in [5.74, 6) is 0. The molecule has 0 aliphatic heterocycles. The van der Waals surface area contributed by atoms with Crippen LogP contribution in [0.3, 0.4) is 0 Å². The smallest absolute Gasteiger partial charge is 0.0407 e. The first-order chi connectivity index (χ1) is 5.65. The zero-order valence-corrected chi connectivity index (χ0v) is 7.33. The van der Waals surface area contributed by atoms with Gasteiger partial charge in [0.15, 0.2) is 0 Å². The van der Waals surface area contributed by atoms with E-state index < -0.39 is 0 Å². The van der Waals surface area contributed by atoms with E-state index in [0.29, 0.717) is 5.69 Å². The predicted octanol–water partition coefficient (Wildman–Crippen LogP) is 1.21. The van der Waals surface area contributed by atoms with Crippen molar-refractivity contribution in [1.82, 2.24) is 0 Å². The summed E-state index contributed by atoms with van der Waals surface area (Å²) in [5.41, 5.74) is 14.8. The van der Waals surface area contributed by atoms with Crippen molar-refractivity contribution < 1.29 is 0 Å². The molecule has 0 spiro atoms. The second kappa shape index (κ2) is 3.26. The molecule has 64 valence electrons. The van der Waals surface area contributed by atoms with E-state index in [2.05, 4.69) is 4.99 Å². The number of nitrogens with zero attached hydrogens (tertiary/aromatic N) is 1. The summed E-state index contributed by atoms with van der Waals surface area (Å²) in [5, 5.41) is 0. The number of aliphatic imine (C=N–C) groups is 1. The maximum atomic E-state index is 5.73. The number of nitrogen functional groups attached to an aromatic ring is 2. The van der Waals surface area contributed by atoms with Crippen LogP contribution in [0, 0.1) is 6.92 Å². The third kappa shape index (κ3) is 1.56. The van der Waals surface area contributed by atoms with E-state index in [1.54, 1.807) is 13.3 Å². The van der Waals surface area contributed by atoms with Crippen molar-refractivity contribution >= 4 is 17.6 Å². The van der Waals surface area contributed by atoms with E-state index in [-0.39, 0.29) is 0 Å². The summed E-state index contributed by atoms with van der Waals surface area (Å²) in [4.78, 5) is 3.88. The molecule has 0 unspecified atom stereocenters. The van der Waals surface area contributed by atoms with Crippen LogP contribution in [0.2, 0.25) is 0 Å². The first-order valence-corrected chi connectivity index (χ1v) is 3.73. The molecule has 1 aromatic carbocycles. The van der Waals surface area contributed by atoms with Crippen molar-refractivity contribution in [2.75, 3.05) is 18.5 Å². The van der Waals surface area contributed by atoms with Gasteiger partial charge in [-0.3, -0.25) is 4.99 Å². The maximum Gasteiger partial charge on any atom is 0.0407 e. The molecule has 4 N–H and O–H groups in total. The third-order valence-electron chi connectivity index (χ3n) is 1.74. The van der Waals surface area contributed by atoms with Crippen molar-refractivity contribution in [2.24, 2.45) is 4.99 Å². The summed E-state index contributed by atoms with van der Waals surface area (Å²) in [6.45, 7) is 1.93. The Morgan fingerprint density at radius 3 is 2.50 bits per heavy atom. The van der Waals surface area contributed by atoms with Gasteiger partial charge in [-0.1, -0.05) is 0 Å². The molecule has 0 aliphatic rings. The molecule has 0 heterocycles. The van der Waals surface area contributed by atoms with E-state index in [1.807, 2.05) is 19.1 Å². The van der Waals surface area contributed by atoms with Gasteiger partial charge in [-0.25, -0.2) is 0 Å². The van der Waals surface area contributed by atoms with Gasteiger partial charge in [0.05, 0.1) is 0 Å². The molecule has 1 rings (SSSR count). The first kappa shape index (κ1) is 8.59. The standard InChI is InChI=1S/C9H13N3/c1-6-3-9(11)7(5-12-2)4-8(6)10/h3-5H,10-11H2,1-2H3. The van der Waals surface area contributed by atoms with Gasteiger partial charge in [0.2, 0.25) is 0 Å². The van der Waals surface area contributed by atoms with Crippen LogP contribution in [0.1, 0.15) is 11.1 Å². The van der Waals surface area contributed by atoms with Crippen LogP contribution in [0.5, 0.6) is 0 Å². The average Bonchev–Trinajstić information content (AvgIpc) is 2.01. The lowest BCUT2D eigenvalue weighted by atomic mass is 10.1. The summed E-state index contributed by atoms with van der Waals surface area (Å²) in [6.07, 6.45) is 1.70. The van der Waals surface area contributed by atoms with E-state index in [9.17, 15) is 0 Å². The van der Waals surface area contributed by atoms with Gasteiger partial charge in [-0.05, 0) is 24.6 Å². The van der Waals surface area contributed by atoms with E-state index in [0.717, 1.165) is 16.8 Å². The van der Waals surface area contributed by atoms with Crippen LogP contribution in [0.15, 0.2) is 17.1 Å². The highest BCUT2D eigenvalue weighted by Crippen LogP contribution is 2.18. The normalized spacial score (nSPS) is 10.8. The third-order valence-corrected chi connectivity index (χ3v) is 1.74. The van der Waals surface area contributed by atoms with E-state index in [4.69, 9.17) is 11.5 Å². The monoisotopic (exact) mass is 163 g/mol. The SMILES string of the molecule is CN=Cc1cc(N)c(C)cc1N. The van der Waals surface area contributed by atoms with Crippen molar-refractivity contribution in [3.63, 3.8) is 0 Å². The molecule has 0 atom stereocenters. The van der Waals surface area contributed by atoms with Gasteiger partial charge >= 0.3 is 0 Å². The lowest BCUT2D eigenvalue weighted by molar-refractivity contribution is 1.44. The second-order valence-electron chi connectivity index (χ2n) is 2.73. The zero-order chi connectivity index (χ0) is 9.14. The number of nitrogens with two attached hydrogens (primary N) is 2. The molecule has 0 saturated heterocycles. The van der Waals surface area contributed by atoms with Gasteiger partial charge in [0.25, 0.3) is 0 Å². The van der Waals surface area contributed by atoms with Crippen molar-refractivity contribution in [1.29, 1.82) is 0 Å². The van der Waals surface area contributed by atoms with Crippen LogP contribution >= 0.6 is 0 Å². The van der Waals surface area contributed by atoms with Crippen molar-refractivity contribution in [3.05, 3.63) is 23.3 Å². The van der Waals surface area contributed by atoms with Gasteiger partial charge in [-0.2, -0.15) is 0 Å². The summed E-state index contributed by atoms with van der Waals surface area (Å²) in [7, 11) is 1.70. The number of benzene rings is 1. The molecule has 0 aromatic heterocycles. The Bertz CT molecular complexity index is 316. The summed E-state index contributed by atoms with van der Waals surface area (Å²) >= 11 is 0.